The molecule has 0 atom stereocenters. The van der Waals surface area contributed by atoms with Gasteiger partial charge < -0.3 is 15.0 Å². The van der Waals surface area contributed by atoms with Gasteiger partial charge in [-0.05, 0) is 6.92 Å². The molecule has 5 nitrogen and oxygen atoms in total. The van der Waals surface area contributed by atoms with Crippen LogP contribution in [-0.4, -0.2) is 49.6 Å². The van der Waals surface area contributed by atoms with Gasteiger partial charge in [-0.2, -0.15) is 0 Å². The first-order chi connectivity index (χ1) is 8.65. The van der Waals surface area contributed by atoms with Crippen LogP contribution in [0.4, 0.5) is 0 Å². The molecule has 0 fully saturated rings. The predicted octanol–water partition coefficient (Wildman–Crippen LogP) is 0.730. The van der Waals surface area contributed by atoms with E-state index in [0.717, 1.165) is 0 Å². The van der Waals surface area contributed by atoms with E-state index in [4.69, 9.17) is 4.74 Å². The normalized spacial score (nSPS) is 9.61. The molecule has 0 rings (SSSR count). The van der Waals surface area contributed by atoms with Crippen molar-refractivity contribution in [1.29, 1.82) is 0 Å². The molecule has 0 bridgehead atoms. The molecular formula is C13H22N2O3. The summed E-state index contributed by atoms with van der Waals surface area (Å²) in [5.74, 6) is -0.301. The first kappa shape index (κ1) is 16.4. The molecule has 0 saturated carbocycles. The molecule has 1 N–H and O–H groups in total. The molecule has 0 aliphatic heterocycles. The van der Waals surface area contributed by atoms with Gasteiger partial charge in [0.05, 0.1) is 19.6 Å². The van der Waals surface area contributed by atoms with Crippen molar-refractivity contribution in [3.05, 3.63) is 25.3 Å². The van der Waals surface area contributed by atoms with Gasteiger partial charge in [0.1, 0.15) is 0 Å². The number of carbonyl (C=O) groups is 2. The Morgan fingerprint density at radius 2 is 1.89 bits per heavy atom. The zero-order chi connectivity index (χ0) is 13.8. The molecular weight excluding hydrogens is 232 g/mol. The van der Waals surface area contributed by atoms with Crippen molar-refractivity contribution in [3.8, 4) is 0 Å². The lowest BCUT2D eigenvalue weighted by atomic mass is 10.4. The van der Waals surface area contributed by atoms with Gasteiger partial charge in [-0.25, -0.2) is 0 Å². The molecule has 102 valence electrons. The number of nitrogens with zero attached hydrogens (tertiary/aromatic N) is 1. The SMILES string of the molecule is C=CCN(CC=C)C(=O)CNCCC(=O)OCC. The number of amides is 1. The molecule has 0 aliphatic carbocycles. The zero-order valence-electron chi connectivity index (χ0n) is 11.0. The van der Waals surface area contributed by atoms with Gasteiger partial charge in [-0.3, -0.25) is 9.59 Å². The number of hydrogen-bond donors (Lipinski definition) is 1. The number of rotatable bonds is 10. The summed E-state index contributed by atoms with van der Waals surface area (Å²) in [5.41, 5.74) is 0. The molecule has 0 aromatic rings. The Morgan fingerprint density at radius 3 is 2.39 bits per heavy atom. The molecule has 5 heteroatoms. The molecule has 18 heavy (non-hydrogen) atoms. The summed E-state index contributed by atoms with van der Waals surface area (Å²) in [7, 11) is 0. The maximum absolute atomic E-state index is 11.7. The van der Waals surface area contributed by atoms with E-state index >= 15 is 0 Å². The Labute approximate surface area is 108 Å². The highest BCUT2D eigenvalue weighted by molar-refractivity contribution is 5.78. The Bertz CT molecular complexity index is 280. The summed E-state index contributed by atoms with van der Waals surface area (Å²) in [4.78, 5) is 24.4. The summed E-state index contributed by atoms with van der Waals surface area (Å²) in [6.45, 7) is 10.9. The van der Waals surface area contributed by atoms with Crippen LogP contribution in [0, 0.1) is 0 Å². The van der Waals surface area contributed by atoms with Gasteiger partial charge in [0, 0.05) is 19.6 Å². The van der Waals surface area contributed by atoms with E-state index in [9.17, 15) is 9.59 Å². The lowest BCUT2D eigenvalue weighted by Crippen LogP contribution is -2.39. The maximum Gasteiger partial charge on any atom is 0.307 e. The second-order valence-corrected chi connectivity index (χ2v) is 3.61. The van der Waals surface area contributed by atoms with Crippen LogP contribution in [-0.2, 0) is 14.3 Å². The second-order valence-electron chi connectivity index (χ2n) is 3.61. The van der Waals surface area contributed by atoms with Gasteiger partial charge in [0.25, 0.3) is 0 Å². The van der Waals surface area contributed by atoms with Crippen molar-refractivity contribution in [3.63, 3.8) is 0 Å². The number of hydrogen-bond acceptors (Lipinski definition) is 4. The van der Waals surface area contributed by atoms with E-state index in [2.05, 4.69) is 18.5 Å². The molecule has 0 saturated heterocycles. The van der Waals surface area contributed by atoms with Gasteiger partial charge >= 0.3 is 5.97 Å². The van der Waals surface area contributed by atoms with Crippen molar-refractivity contribution >= 4 is 11.9 Å². The van der Waals surface area contributed by atoms with Crippen molar-refractivity contribution in [2.45, 2.75) is 13.3 Å². The first-order valence-electron chi connectivity index (χ1n) is 6.01. The lowest BCUT2D eigenvalue weighted by Gasteiger charge is -2.19. The highest BCUT2D eigenvalue weighted by atomic mass is 16.5. The number of esters is 1. The number of ether oxygens (including phenoxy) is 1. The Kier molecular flexibility index (Phi) is 9.58. The molecule has 0 aromatic carbocycles. The van der Waals surface area contributed by atoms with Crippen LogP contribution in [0.25, 0.3) is 0 Å². The molecule has 0 spiro atoms. The van der Waals surface area contributed by atoms with Gasteiger partial charge in [-0.15, -0.1) is 13.2 Å². The average molecular weight is 254 g/mol. The lowest BCUT2D eigenvalue weighted by molar-refractivity contribution is -0.143. The number of carbonyl (C=O) groups excluding carboxylic acids is 2. The molecule has 0 heterocycles. The quantitative estimate of drug-likeness (QED) is 0.355. The third kappa shape index (κ3) is 7.62. The first-order valence-corrected chi connectivity index (χ1v) is 6.01. The largest absolute Gasteiger partial charge is 0.466 e. The van der Waals surface area contributed by atoms with E-state index in [0.29, 0.717) is 26.2 Å². The summed E-state index contributed by atoms with van der Waals surface area (Å²) in [5, 5.41) is 2.91. The van der Waals surface area contributed by atoms with E-state index in [-0.39, 0.29) is 24.8 Å². The summed E-state index contributed by atoms with van der Waals surface area (Å²) in [6.07, 6.45) is 3.60. The highest BCUT2D eigenvalue weighted by Crippen LogP contribution is 1.91. The van der Waals surface area contributed by atoms with E-state index in [1.54, 1.807) is 24.0 Å². The van der Waals surface area contributed by atoms with Crippen LogP contribution in [0.1, 0.15) is 13.3 Å². The van der Waals surface area contributed by atoms with Gasteiger partial charge in [0.2, 0.25) is 5.91 Å². The van der Waals surface area contributed by atoms with Crippen molar-refractivity contribution in [1.82, 2.24) is 10.2 Å². The predicted molar refractivity (Wildman–Crippen MR) is 71.1 cm³/mol. The third-order valence-electron chi connectivity index (χ3n) is 2.14. The minimum absolute atomic E-state index is 0.0429. The zero-order valence-corrected chi connectivity index (χ0v) is 11.0. The van der Waals surface area contributed by atoms with Crippen LogP contribution in [0.5, 0.6) is 0 Å². The van der Waals surface area contributed by atoms with Crippen LogP contribution in [0.15, 0.2) is 25.3 Å². The van der Waals surface area contributed by atoms with Crippen molar-refractivity contribution in [2.75, 3.05) is 32.8 Å². The summed E-state index contributed by atoms with van der Waals surface area (Å²) < 4.78 is 4.77. The van der Waals surface area contributed by atoms with E-state index in [1.807, 2.05) is 0 Å². The Balaban J connectivity index is 3.82. The minimum Gasteiger partial charge on any atom is -0.466 e. The van der Waals surface area contributed by atoms with E-state index < -0.39 is 0 Å². The fourth-order valence-electron chi connectivity index (χ4n) is 1.32. The van der Waals surface area contributed by atoms with Crippen LogP contribution in [0.2, 0.25) is 0 Å². The smallest absolute Gasteiger partial charge is 0.307 e. The molecule has 0 aliphatic rings. The topological polar surface area (TPSA) is 58.6 Å². The number of nitrogens with one attached hydrogen (secondary N) is 1. The van der Waals surface area contributed by atoms with Crippen LogP contribution >= 0.6 is 0 Å². The minimum atomic E-state index is -0.258. The van der Waals surface area contributed by atoms with Gasteiger partial charge in [0.15, 0.2) is 0 Å². The highest BCUT2D eigenvalue weighted by Gasteiger charge is 2.10. The molecule has 0 aromatic heterocycles. The fraction of sp³-hybridized carbons (Fsp3) is 0.538. The molecule has 0 unspecified atom stereocenters. The standard InChI is InChI=1S/C13H22N2O3/c1-4-9-15(10-5-2)12(16)11-14-8-7-13(17)18-6-3/h4-5,14H,1-2,6-11H2,3H3. The van der Waals surface area contributed by atoms with Gasteiger partial charge in [-0.1, -0.05) is 12.2 Å². The Morgan fingerprint density at radius 1 is 1.28 bits per heavy atom. The maximum atomic E-state index is 11.7. The van der Waals surface area contributed by atoms with Crippen molar-refractivity contribution < 1.29 is 14.3 Å². The van der Waals surface area contributed by atoms with Crippen molar-refractivity contribution in [2.24, 2.45) is 0 Å². The second kappa shape index (κ2) is 10.5. The molecule has 1 amide bonds. The third-order valence-corrected chi connectivity index (χ3v) is 2.14. The fourth-order valence-corrected chi connectivity index (χ4v) is 1.32. The van der Waals surface area contributed by atoms with Crippen LogP contribution < -0.4 is 5.32 Å². The monoisotopic (exact) mass is 254 g/mol. The van der Waals surface area contributed by atoms with Crippen LogP contribution in [0.3, 0.4) is 0 Å². The summed E-state index contributed by atoms with van der Waals surface area (Å²) >= 11 is 0. The summed E-state index contributed by atoms with van der Waals surface area (Å²) in [6, 6.07) is 0. The van der Waals surface area contributed by atoms with E-state index in [1.165, 1.54) is 0 Å². The Hall–Kier alpha value is -1.62. The average Bonchev–Trinajstić information content (AvgIpc) is 2.34. The molecule has 0 radical (unpaired) electrons.